The van der Waals surface area contributed by atoms with Crippen LogP contribution in [0.2, 0.25) is 0 Å². The molecule has 0 spiro atoms. The van der Waals surface area contributed by atoms with Gasteiger partial charge < -0.3 is 14.8 Å². The van der Waals surface area contributed by atoms with Crippen molar-refractivity contribution >= 4 is 17.7 Å². The zero-order valence-corrected chi connectivity index (χ0v) is 7.92. The first-order valence-corrected chi connectivity index (χ1v) is 4.43. The maximum atomic E-state index is 13.2. The van der Waals surface area contributed by atoms with Crippen molar-refractivity contribution in [2.24, 2.45) is 0 Å². The molecule has 0 saturated carbocycles. The van der Waals surface area contributed by atoms with Crippen LogP contribution < -0.4 is 10.1 Å². The minimum atomic E-state index is -1.84. The number of hydrogen-bond donors (Lipinski definition) is 1. The summed E-state index contributed by atoms with van der Waals surface area (Å²) in [5.41, 5.74) is 0.161. The van der Waals surface area contributed by atoms with Crippen LogP contribution in [0.5, 0.6) is 5.75 Å². The number of rotatable bonds is 2. The Kier molecular flexibility index (Phi) is 2.43. The molecule has 0 radical (unpaired) electrons. The smallest absolute Gasteiger partial charge is 0.273 e. The average molecular weight is 226 g/mol. The molecular weight excluding hydrogens is 219 g/mol. The molecule has 6 nitrogen and oxygen atoms in total. The molecule has 2 atom stereocenters. The lowest BCUT2D eigenvalue weighted by atomic mass is 10.2. The molecule has 0 aromatic heterocycles. The Morgan fingerprint density at radius 1 is 1.56 bits per heavy atom. The summed E-state index contributed by atoms with van der Waals surface area (Å²) in [7, 11) is 0. The Balaban J connectivity index is 2.36. The molecule has 0 saturated heterocycles. The van der Waals surface area contributed by atoms with E-state index >= 15 is 0 Å². The van der Waals surface area contributed by atoms with Crippen LogP contribution in [0.15, 0.2) is 18.2 Å². The highest BCUT2D eigenvalue weighted by atomic mass is 19.1. The molecule has 1 aromatic rings. The van der Waals surface area contributed by atoms with Crippen LogP contribution in [0.25, 0.3) is 0 Å². The fraction of sp³-hybridized carbons (Fsp3) is 0.222. The van der Waals surface area contributed by atoms with Gasteiger partial charge in [0, 0.05) is 6.07 Å². The van der Waals surface area contributed by atoms with E-state index in [2.05, 4.69) is 5.32 Å². The number of benzene rings is 1. The van der Waals surface area contributed by atoms with Crippen LogP contribution in [0.3, 0.4) is 0 Å². The van der Waals surface area contributed by atoms with E-state index < -0.39 is 17.3 Å². The van der Waals surface area contributed by atoms with E-state index in [-0.39, 0.29) is 11.4 Å². The average Bonchev–Trinajstić information content (AvgIpc) is 2.27. The Hall–Kier alpha value is -2.18. The molecule has 0 amide bonds. The molecule has 16 heavy (non-hydrogen) atoms. The van der Waals surface area contributed by atoms with E-state index in [1.54, 1.807) is 0 Å². The normalized spacial score (nSPS) is 22.6. The van der Waals surface area contributed by atoms with Crippen molar-refractivity contribution in [2.45, 2.75) is 12.4 Å². The lowest BCUT2D eigenvalue weighted by Crippen LogP contribution is -2.39. The standard InChI is InChI=1S/C9H7FN2O4/c10-9-7(4-13)11-6-2-1-5(12(14)15)3-8(6)16-9/h1-4,7,9,11H. The molecular formula is C9H7FN2O4. The predicted octanol–water partition coefficient (Wildman–Crippen LogP) is 1.26. The third-order valence-electron chi connectivity index (χ3n) is 2.17. The summed E-state index contributed by atoms with van der Waals surface area (Å²) in [5, 5.41) is 13.0. The Morgan fingerprint density at radius 2 is 2.31 bits per heavy atom. The van der Waals surface area contributed by atoms with E-state index in [0.717, 1.165) is 6.07 Å². The number of nitrogens with one attached hydrogen (secondary N) is 1. The third-order valence-corrected chi connectivity index (χ3v) is 2.17. The van der Waals surface area contributed by atoms with Crippen LogP contribution in [0.1, 0.15) is 0 Å². The van der Waals surface area contributed by atoms with E-state index in [9.17, 15) is 19.3 Å². The van der Waals surface area contributed by atoms with Gasteiger partial charge in [0.05, 0.1) is 16.7 Å². The second-order valence-electron chi connectivity index (χ2n) is 3.21. The number of nitro groups is 1. The van der Waals surface area contributed by atoms with Gasteiger partial charge in [-0.15, -0.1) is 0 Å². The van der Waals surface area contributed by atoms with Crippen molar-refractivity contribution in [3.05, 3.63) is 28.3 Å². The van der Waals surface area contributed by atoms with Crippen molar-refractivity contribution in [2.75, 3.05) is 5.32 Å². The van der Waals surface area contributed by atoms with E-state index in [4.69, 9.17) is 4.74 Å². The number of non-ortho nitro benzene ring substituents is 1. The van der Waals surface area contributed by atoms with Gasteiger partial charge in [0.1, 0.15) is 12.3 Å². The molecule has 84 valence electrons. The van der Waals surface area contributed by atoms with Gasteiger partial charge in [-0.2, -0.15) is 4.39 Å². The number of carbonyl (C=O) groups is 1. The summed E-state index contributed by atoms with van der Waals surface area (Å²) < 4.78 is 17.9. The van der Waals surface area contributed by atoms with Crippen LogP contribution in [-0.2, 0) is 4.79 Å². The number of nitro benzene ring substituents is 1. The summed E-state index contributed by atoms with van der Waals surface area (Å²) in [6.07, 6.45) is -1.46. The molecule has 1 aliphatic heterocycles. The number of ether oxygens (including phenoxy) is 1. The quantitative estimate of drug-likeness (QED) is 0.466. The second kappa shape index (κ2) is 3.76. The molecule has 1 N–H and O–H groups in total. The van der Waals surface area contributed by atoms with Gasteiger partial charge in [-0.05, 0) is 6.07 Å². The van der Waals surface area contributed by atoms with Crippen molar-refractivity contribution < 1.29 is 18.8 Å². The molecule has 2 unspecified atom stereocenters. The molecule has 1 heterocycles. The highest BCUT2D eigenvalue weighted by molar-refractivity contribution is 5.71. The number of alkyl halides is 1. The first-order valence-electron chi connectivity index (χ1n) is 4.43. The Bertz CT molecular complexity index is 451. The van der Waals surface area contributed by atoms with Gasteiger partial charge in [-0.3, -0.25) is 10.1 Å². The fourth-order valence-corrected chi connectivity index (χ4v) is 1.38. The summed E-state index contributed by atoms with van der Waals surface area (Å²) >= 11 is 0. The maximum Gasteiger partial charge on any atom is 0.273 e. The van der Waals surface area contributed by atoms with Gasteiger partial charge in [0.25, 0.3) is 12.0 Å². The monoisotopic (exact) mass is 226 g/mol. The molecule has 0 fully saturated rings. The van der Waals surface area contributed by atoms with Crippen LogP contribution in [0, 0.1) is 10.1 Å². The lowest BCUT2D eigenvalue weighted by Gasteiger charge is -2.26. The second-order valence-corrected chi connectivity index (χ2v) is 3.21. The van der Waals surface area contributed by atoms with Crippen LogP contribution >= 0.6 is 0 Å². The van der Waals surface area contributed by atoms with Crippen molar-refractivity contribution in [1.82, 2.24) is 0 Å². The summed E-state index contributed by atoms with van der Waals surface area (Å²) in [4.78, 5) is 20.3. The van der Waals surface area contributed by atoms with E-state index in [1.807, 2.05) is 0 Å². The largest absolute Gasteiger partial charge is 0.455 e. The minimum absolute atomic E-state index is 0.0276. The number of fused-ring (bicyclic) bond motifs is 1. The first kappa shape index (κ1) is 10.3. The number of aldehydes is 1. The predicted molar refractivity (Wildman–Crippen MR) is 52.1 cm³/mol. The summed E-state index contributed by atoms with van der Waals surface area (Å²) in [6.45, 7) is 0. The number of hydrogen-bond acceptors (Lipinski definition) is 5. The van der Waals surface area contributed by atoms with Crippen molar-refractivity contribution in [3.8, 4) is 5.75 Å². The van der Waals surface area contributed by atoms with Crippen molar-refractivity contribution in [1.29, 1.82) is 0 Å². The maximum absolute atomic E-state index is 13.2. The Labute approximate surface area is 89.2 Å². The summed E-state index contributed by atoms with van der Waals surface area (Å²) in [5.74, 6) is 0.0276. The zero-order chi connectivity index (χ0) is 11.7. The van der Waals surface area contributed by atoms with Gasteiger partial charge in [-0.1, -0.05) is 0 Å². The third kappa shape index (κ3) is 1.67. The highest BCUT2D eigenvalue weighted by Crippen LogP contribution is 2.34. The first-order chi connectivity index (χ1) is 7.61. The number of anilines is 1. The van der Waals surface area contributed by atoms with Crippen LogP contribution in [0.4, 0.5) is 15.8 Å². The molecule has 1 aliphatic rings. The van der Waals surface area contributed by atoms with Gasteiger partial charge in [0.2, 0.25) is 0 Å². The number of halogens is 1. The van der Waals surface area contributed by atoms with E-state index in [0.29, 0.717) is 12.0 Å². The molecule has 7 heteroatoms. The molecule has 0 aliphatic carbocycles. The number of carbonyl (C=O) groups excluding carboxylic acids is 1. The topological polar surface area (TPSA) is 81.5 Å². The Morgan fingerprint density at radius 3 is 2.94 bits per heavy atom. The minimum Gasteiger partial charge on any atom is -0.455 e. The van der Waals surface area contributed by atoms with Gasteiger partial charge in [0.15, 0.2) is 5.75 Å². The van der Waals surface area contributed by atoms with Gasteiger partial charge >= 0.3 is 0 Å². The summed E-state index contributed by atoms with van der Waals surface area (Å²) in [6, 6.07) is 2.63. The lowest BCUT2D eigenvalue weighted by molar-refractivity contribution is -0.385. The number of nitrogens with zero attached hydrogens (tertiary/aromatic N) is 1. The van der Waals surface area contributed by atoms with Crippen LogP contribution in [-0.4, -0.2) is 23.6 Å². The molecule has 2 rings (SSSR count). The zero-order valence-electron chi connectivity index (χ0n) is 7.92. The van der Waals surface area contributed by atoms with Crippen molar-refractivity contribution in [3.63, 3.8) is 0 Å². The van der Waals surface area contributed by atoms with E-state index in [1.165, 1.54) is 12.1 Å². The highest BCUT2D eigenvalue weighted by Gasteiger charge is 2.29. The van der Waals surface area contributed by atoms with Gasteiger partial charge in [-0.25, -0.2) is 0 Å². The molecule has 1 aromatic carbocycles. The SMILES string of the molecule is O=CC1Nc2ccc([N+](=O)[O-])cc2OC1F. The molecule has 0 bridgehead atoms. The fourth-order valence-electron chi connectivity index (χ4n) is 1.38.